The molecule has 6 rings (SSSR count). The second kappa shape index (κ2) is 7.82. The van der Waals surface area contributed by atoms with E-state index in [4.69, 9.17) is 9.97 Å². The molecule has 0 amide bonds. The number of hydrogen-bond acceptors (Lipinski definition) is 2. The zero-order valence-electron chi connectivity index (χ0n) is 19.6. The molecule has 1 aromatic carbocycles. The second-order valence-corrected chi connectivity index (χ2v) is 14.9. The highest BCUT2D eigenvalue weighted by molar-refractivity contribution is 6.89. The molecule has 2 N–H and O–H groups in total. The summed E-state index contributed by atoms with van der Waals surface area (Å²) in [5.41, 5.74) is 10.3. The van der Waals surface area contributed by atoms with Crippen molar-refractivity contribution in [3.8, 4) is 11.1 Å². The first kappa shape index (κ1) is 20.6. The van der Waals surface area contributed by atoms with Crippen molar-refractivity contribution < 1.29 is 0 Å². The van der Waals surface area contributed by atoms with Gasteiger partial charge >= 0.3 is 0 Å². The maximum absolute atomic E-state index is 5.05. The van der Waals surface area contributed by atoms with E-state index in [0.29, 0.717) is 0 Å². The molecular formula is C29H26N4Si. The van der Waals surface area contributed by atoms with E-state index in [1.165, 1.54) is 10.8 Å². The van der Waals surface area contributed by atoms with Gasteiger partial charge in [-0.15, -0.1) is 0 Å². The van der Waals surface area contributed by atoms with Gasteiger partial charge in [0, 0.05) is 27.6 Å². The van der Waals surface area contributed by atoms with E-state index < -0.39 is 8.07 Å². The maximum Gasteiger partial charge on any atom is 0.0784 e. The monoisotopic (exact) mass is 458 g/mol. The van der Waals surface area contributed by atoms with Crippen molar-refractivity contribution in [3.63, 3.8) is 0 Å². The molecule has 0 saturated heterocycles. The van der Waals surface area contributed by atoms with Gasteiger partial charge in [-0.05, 0) is 72.3 Å². The third kappa shape index (κ3) is 3.84. The van der Waals surface area contributed by atoms with Gasteiger partial charge in [-0.3, -0.25) is 0 Å². The van der Waals surface area contributed by atoms with Gasteiger partial charge < -0.3 is 9.97 Å². The normalized spacial score (nSPS) is 12.9. The number of H-pyrrole nitrogens is 2. The zero-order valence-corrected chi connectivity index (χ0v) is 20.6. The molecule has 0 aliphatic carbocycles. The standard InChI is InChI=1S/C29H26N4Si/c1-34(2,3)28-7-5-4-6-25(28)29-26-14-12-23(32-26)17-21-10-8-19(30-21)16-20-9-11-22(31-20)18-24-13-15-27(29)33-24/h4-18,30,33H,1-3H3. The zero-order chi connectivity index (χ0) is 23.3. The Bertz CT molecular complexity index is 1640. The van der Waals surface area contributed by atoms with Gasteiger partial charge in [0.25, 0.3) is 0 Å². The lowest BCUT2D eigenvalue weighted by molar-refractivity contribution is 1.31. The molecule has 166 valence electrons. The summed E-state index contributed by atoms with van der Waals surface area (Å²) >= 11 is 0. The van der Waals surface area contributed by atoms with E-state index in [0.717, 1.165) is 50.4 Å². The third-order valence-electron chi connectivity index (χ3n) is 6.22. The summed E-state index contributed by atoms with van der Waals surface area (Å²) in [5.74, 6) is 0. The first-order valence-electron chi connectivity index (χ1n) is 11.6. The van der Waals surface area contributed by atoms with E-state index in [1.54, 1.807) is 0 Å². The van der Waals surface area contributed by atoms with Crippen molar-refractivity contribution in [3.05, 3.63) is 89.5 Å². The highest BCUT2D eigenvalue weighted by Gasteiger charge is 2.23. The number of nitrogens with one attached hydrogen (secondary N) is 2. The highest BCUT2D eigenvalue weighted by Crippen LogP contribution is 2.30. The second-order valence-electron chi connectivity index (χ2n) is 9.85. The van der Waals surface area contributed by atoms with Crippen LogP contribution in [0.2, 0.25) is 19.6 Å². The Balaban J connectivity index is 1.73. The van der Waals surface area contributed by atoms with Crippen molar-refractivity contribution in [2.45, 2.75) is 19.6 Å². The molecular weight excluding hydrogens is 432 g/mol. The van der Waals surface area contributed by atoms with E-state index in [2.05, 4.69) is 115 Å². The van der Waals surface area contributed by atoms with E-state index >= 15 is 0 Å². The third-order valence-corrected chi connectivity index (χ3v) is 8.28. The Hall–Kier alpha value is -3.96. The van der Waals surface area contributed by atoms with Crippen molar-refractivity contribution in [1.82, 2.24) is 19.9 Å². The average molecular weight is 459 g/mol. The smallest absolute Gasteiger partial charge is 0.0784 e. The van der Waals surface area contributed by atoms with Crippen molar-refractivity contribution in [1.29, 1.82) is 0 Å². The molecule has 0 spiro atoms. The molecule has 0 radical (unpaired) electrons. The van der Waals surface area contributed by atoms with Crippen LogP contribution in [0.15, 0.2) is 66.7 Å². The molecule has 3 aromatic heterocycles. The van der Waals surface area contributed by atoms with Crippen LogP contribution in [-0.2, 0) is 0 Å². The van der Waals surface area contributed by atoms with Crippen LogP contribution in [0.1, 0.15) is 22.8 Å². The minimum atomic E-state index is -1.59. The lowest BCUT2D eigenvalue weighted by Gasteiger charge is -2.21. The number of aromatic nitrogens is 4. The van der Waals surface area contributed by atoms with Gasteiger partial charge in [-0.2, -0.15) is 0 Å². The van der Waals surface area contributed by atoms with Crippen molar-refractivity contribution in [2.75, 3.05) is 0 Å². The summed E-state index contributed by atoms with van der Waals surface area (Å²) in [6.45, 7) is 7.18. The summed E-state index contributed by atoms with van der Waals surface area (Å²) in [4.78, 5) is 16.9. The first-order chi connectivity index (χ1) is 16.4. The number of fused-ring (bicyclic) bond motifs is 8. The number of benzene rings is 1. The largest absolute Gasteiger partial charge is 0.355 e. The molecule has 5 heteroatoms. The predicted octanol–water partition coefficient (Wildman–Crippen LogP) is 6.87. The van der Waals surface area contributed by atoms with E-state index in [9.17, 15) is 0 Å². The summed E-state index contributed by atoms with van der Waals surface area (Å²) in [6, 6.07) is 23.5. The average Bonchev–Trinajstić information content (AvgIpc) is 3.59. The van der Waals surface area contributed by atoms with Gasteiger partial charge in [0.2, 0.25) is 0 Å². The van der Waals surface area contributed by atoms with E-state index in [1.807, 2.05) is 6.08 Å². The molecule has 4 aromatic rings. The number of rotatable bonds is 2. The predicted molar refractivity (Wildman–Crippen MR) is 147 cm³/mol. The van der Waals surface area contributed by atoms with Crippen LogP contribution in [0.4, 0.5) is 0 Å². The topological polar surface area (TPSA) is 57.4 Å². The lowest BCUT2D eigenvalue weighted by Crippen LogP contribution is -2.38. The first-order valence-corrected chi connectivity index (χ1v) is 15.1. The summed E-state index contributed by atoms with van der Waals surface area (Å²) < 4.78 is 0. The summed E-state index contributed by atoms with van der Waals surface area (Å²) in [7, 11) is -1.59. The van der Waals surface area contributed by atoms with E-state index in [-0.39, 0.29) is 0 Å². The molecule has 0 fully saturated rings. The Morgan fingerprint density at radius 3 is 1.91 bits per heavy atom. The van der Waals surface area contributed by atoms with Gasteiger partial charge in [0.1, 0.15) is 0 Å². The fourth-order valence-corrected chi connectivity index (χ4v) is 6.26. The molecule has 0 unspecified atom stereocenters. The molecule has 8 bridgehead atoms. The van der Waals surface area contributed by atoms with Crippen LogP contribution < -0.4 is 5.19 Å². The Labute approximate surface area is 199 Å². The Kier molecular flexibility index (Phi) is 4.74. The minimum Gasteiger partial charge on any atom is -0.355 e. The summed E-state index contributed by atoms with van der Waals surface area (Å²) in [5, 5.41) is 1.43. The quantitative estimate of drug-likeness (QED) is 0.278. The van der Waals surface area contributed by atoms with Crippen LogP contribution in [0.25, 0.3) is 57.5 Å². The Morgan fingerprint density at radius 1 is 0.618 bits per heavy atom. The summed E-state index contributed by atoms with van der Waals surface area (Å²) in [6.07, 6.45) is 8.32. The fourth-order valence-electron chi connectivity index (χ4n) is 4.65. The molecule has 4 nitrogen and oxygen atoms in total. The SMILES string of the molecule is C[Si](C)(C)c1ccccc1-c1c2nc(cc3ccc(cc4nc(cc5ccc1[nH]5)C=C4)[nH]3)C=C2. The fraction of sp³-hybridized carbons (Fsp3) is 0.103. The number of hydrogen-bond donors (Lipinski definition) is 2. The number of nitrogens with zero attached hydrogens (tertiary/aromatic N) is 2. The van der Waals surface area contributed by atoms with Gasteiger partial charge in [0.05, 0.1) is 30.8 Å². The van der Waals surface area contributed by atoms with Crippen LogP contribution in [-0.4, -0.2) is 28.0 Å². The molecule has 2 aliphatic heterocycles. The van der Waals surface area contributed by atoms with Crippen LogP contribution in [0, 0.1) is 0 Å². The van der Waals surface area contributed by atoms with Crippen molar-refractivity contribution >= 4 is 59.6 Å². The number of aromatic amines is 2. The van der Waals surface area contributed by atoms with Gasteiger partial charge in [-0.1, -0.05) is 49.1 Å². The molecule has 0 atom stereocenters. The molecule has 5 heterocycles. The van der Waals surface area contributed by atoms with Crippen molar-refractivity contribution in [2.24, 2.45) is 0 Å². The van der Waals surface area contributed by atoms with Crippen LogP contribution in [0.5, 0.6) is 0 Å². The van der Waals surface area contributed by atoms with Crippen LogP contribution in [0.3, 0.4) is 0 Å². The molecule has 34 heavy (non-hydrogen) atoms. The highest BCUT2D eigenvalue weighted by atomic mass is 28.3. The lowest BCUT2D eigenvalue weighted by atomic mass is 10.0. The van der Waals surface area contributed by atoms with Crippen LogP contribution >= 0.6 is 0 Å². The van der Waals surface area contributed by atoms with Gasteiger partial charge in [0.15, 0.2) is 0 Å². The maximum atomic E-state index is 5.05. The van der Waals surface area contributed by atoms with Gasteiger partial charge in [-0.25, -0.2) is 9.97 Å². The molecule has 2 aliphatic rings. The minimum absolute atomic E-state index is 0.933. The molecule has 0 saturated carbocycles. The Morgan fingerprint density at radius 2 is 1.21 bits per heavy atom.